The van der Waals surface area contributed by atoms with Crippen LogP contribution >= 0.6 is 0 Å². The van der Waals surface area contributed by atoms with Crippen LogP contribution in [0.1, 0.15) is 110 Å². The number of hydrogen-bond acceptors (Lipinski definition) is 1. The lowest BCUT2D eigenvalue weighted by Gasteiger charge is -2.35. The standard InChI is InChI=1S/C25H44O.ClH.H3N/c1-4-7-8-9-10-11-12-13-14-18-21-24(25(26,5-2)6-3)22-23-19-16-15-17-20-23;;/h15-17,19-20,24,26H,4-14,18,21-22H2,1-3H3;1H;1H3. The van der Waals surface area contributed by atoms with Gasteiger partial charge < -0.3 is 23.7 Å². The molecule has 1 unspecified atom stereocenters. The molecule has 166 valence electrons. The molecule has 0 spiro atoms. The van der Waals surface area contributed by atoms with E-state index in [4.69, 9.17) is 0 Å². The number of rotatable bonds is 16. The maximum Gasteiger partial charge on any atom is 0.0673 e. The average molecular weight is 414 g/mol. The van der Waals surface area contributed by atoms with Crippen LogP contribution in [-0.2, 0) is 6.42 Å². The van der Waals surface area contributed by atoms with Crippen molar-refractivity contribution < 1.29 is 17.5 Å². The van der Waals surface area contributed by atoms with Gasteiger partial charge in [-0.05, 0) is 37.2 Å². The third-order valence-electron chi connectivity index (χ3n) is 6.22. The van der Waals surface area contributed by atoms with E-state index in [0.717, 1.165) is 25.7 Å². The molecule has 0 aromatic heterocycles. The van der Waals surface area contributed by atoms with Crippen molar-refractivity contribution in [1.29, 1.82) is 0 Å². The van der Waals surface area contributed by atoms with E-state index < -0.39 is 5.60 Å². The van der Waals surface area contributed by atoms with Crippen LogP contribution in [0.5, 0.6) is 0 Å². The van der Waals surface area contributed by atoms with Crippen LogP contribution in [0.2, 0.25) is 0 Å². The van der Waals surface area contributed by atoms with Crippen molar-refractivity contribution in [1.82, 2.24) is 6.15 Å². The molecule has 0 bridgehead atoms. The van der Waals surface area contributed by atoms with Gasteiger partial charge >= 0.3 is 0 Å². The molecule has 1 rings (SSSR count). The third-order valence-corrected chi connectivity index (χ3v) is 6.22. The summed E-state index contributed by atoms with van der Waals surface area (Å²) in [5.41, 5.74) is 0.861. The maximum atomic E-state index is 11.1. The molecule has 1 aromatic rings. The molecule has 5 N–H and O–H groups in total. The second-order valence-electron chi connectivity index (χ2n) is 8.17. The average Bonchev–Trinajstić information content (AvgIpc) is 2.68. The van der Waals surface area contributed by atoms with Crippen molar-refractivity contribution >= 4 is 0 Å². The Morgan fingerprint density at radius 3 is 1.68 bits per heavy atom. The van der Waals surface area contributed by atoms with Gasteiger partial charge in [0, 0.05) is 0 Å². The Bertz CT molecular complexity index is 433. The largest absolute Gasteiger partial charge is 1.00 e. The van der Waals surface area contributed by atoms with Crippen LogP contribution in [0, 0.1) is 5.92 Å². The molecule has 2 nitrogen and oxygen atoms in total. The van der Waals surface area contributed by atoms with Crippen LogP contribution in [0.4, 0.5) is 0 Å². The van der Waals surface area contributed by atoms with Crippen LogP contribution < -0.4 is 18.6 Å². The van der Waals surface area contributed by atoms with Gasteiger partial charge in [-0.15, -0.1) is 0 Å². The molecule has 0 saturated carbocycles. The van der Waals surface area contributed by atoms with E-state index in [1.54, 1.807) is 0 Å². The fourth-order valence-electron chi connectivity index (χ4n) is 4.16. The Labute approximate surface area is 181 Å². The van der Waals surface area contributed by atoms with Crippen molar-refractivity contribution in [2.24, 2.45) is 5.92 Å². The molecule has 0 aliphatic rings. The van der Waals surface area contributed by atoms with E-state index in [-0.39, 0.29) is 18.6 Å². The molecule has 0 aliphatic heterocycles. The Morgan fingerprint density at radius 2 is 1.21 bits per heavy atom. The van der Waals surface area contributed by atoms with Crippen molar-refractivity contribution in [2.75, 3.05) is 0 Å². The maximum absolute atomic E-state index is 11.1. The van der Waals surface area contributed by atoms with Gasteiger partial charge in [-0.1, -0.05) is 115 Å². The van der Waals surface area contributed by atoms with Gasteiger partial charge in [-0.25, -0.2) is 0 Å². The minimum absolute atomic E-state index is 0. The van der Waals surface area contributed by atoms with Crippen molar-refractivity contribution in [3.63, 3.8) is 0 Å². The Hall–Kier alpha value is -0.570. The highest BCUT2D eigenvalue weighted by molar-refractivity contribution is 5.16. The van der Waals surface area contributed by atoms with E-state index >= 15 is 0 Å². The summed E-state index contributed by atoms with van der Waals surface area (Å²) in [4.78, 5) is 0. The van der Waals surface area contributed by atoms with Crippen molar-refractivity contribution in [3.8, 4) is 0 Å². The number of benzene rings is 1. The highest BCUT2D eigenvalue weighted by Crippen LogP contribution is 2.32. The quantitative estimate of drug-likeness (QED) is 0.364. The molecule has 0 heterocycles. The molecule has 3 heteroatoms. The van der Waals surface area contributed by atoms with E-state index in [2.05, 4.69) is 51.1 Å². The summed E-state index contributed by atoms with van der Waals surface area (Å²) in [5.74, 6) is 0.383. The first-order valence-electron chi connectivity index (χ1n) is 11.4. The first-order valence-corrected chi connectivity index (χ1v) is 11.4. The van der Waals surface area contributed by atoms with Crippen LogP contribution in [-0.4, -0.2) is 10.7 Å². The summed E-state index contributed by atoms with van der Waals surface area (Å²) >= 11 is 0. The highest BCUT2D eigenvalue weighted by atomic mass is 35.5. The van der Waals surface area contributed by atoms with Gasteiger partial charge in [0.1, 0.15) is 0 Å². The first-order chi connectivity index (χ1) is 12.7. The fraction of sp³-hybridized carbons (Fsp3) is 0.760. The molecule has 0 fully saturated rings. The topological polar surface area (TPSA) is 56.7 Å². The number of hydrogen-bond donors (Lipinski definition) is 2. The summed E-state index contributed by atoms with van der Waals surface area (Å²) in [6.45, 7) is 6.56. The van der Waals surface area contributed by atoms with Crippen molar-refractivity contribution in [3.05, 3.63) is 35.9 Å². The van der Waals surface area contributed by atoms with E-state index in [1.165, 1.54) is 69.8 Å². The van der Waals surface area contributed by atoms with E-state index in [9.17, 15) is 5.11 Å². The third kappa shape index (κ3) is 12.1. The molecule has 1 atom stereocenters. The van der Waals surface area contributed by atoms with Gasteiger partial charge in [0.25, 0.3) is 0 Å². The second kappa shape index (κ2) is 18.5. The Morgan fingerprint density at radius 1 is 0.750 bits per heavy atom. The Balaban J connectivity index is 0. The summed E-state index contributed by atoms with van der Waals surface area (Å²) in [6, 6.07) is 10.7. The fourth-order valence-corrected chi connectivity index (χ4v) is 4.16. The second-order valence-corrected chi connectivity index (χ2v) is 8.17. The lowest BCUT2D eigenvalue weighted by Crippen LogP contribution is -3.00. The van der Waals surface area contributed by atoms with E-state index in [0.29, 0.717) is 5.92 Å². The molecule has 28 heavy (non-hydrogen) atoms. The monoisotopic (exact) mass is 413 g/mol. The SMILES string of the molecule is CCCCCCCCCCCCC(Cc1ccccc1)C(O)(CC)CC.[Cl-].[NH4+]. The first kappa shape index (κ1) is 29.6. The normalized spacial score (nSPS) is 12.1. The van der Waals surface area contributed by atoms with Gasteiger partial charge in [0.2, 0.25) is 0 Å². The Kier molecular flexibility index (Phi) is 19.5. The molecule has 0 saturated heterocycles. The lowest BCUT2D eigenvalue weighted by molar-refractivity contribution is -0.0300. The zero-order valence-electron chi connectivity index (χ0n) is 19.2. The van der Waals surface area contributed by atoms with Gasteiger partial charge in [-0.3, -0.25) is 0 Å². The summed E-state index contributed by atoms with van der Waals surface area (Å²) < 4.78 is 0. The molecular formula is C25H48ClNO. The molecule has 1 aromatic carbocycles. The predicted octanol–water partition coefficient (Wildman–Crippen LogP) is 5.09. The van der Waals surface area contributed by atoms with Crippen LogP contribution in [0.15, 0.2) is 30.3 Å². The smallest absolute Gasteiger partial charge is 0.0673 e. The van der Waals surface area contributed by atoms with Crippen LogP contribution in [0.3, 0.4) is 0 Å². The highest BCUT2D eigenvalue weighted by Gasteiger charge is 2.32. The molecule has 0 aliphatic carbocycles. The number of unbranched alkanes of at least 4 members (excludes halogenated alkanes) is 9. The number of quaternary nitrogens is 1. The summed E-state index contributed by atoms with van der Waals surface area (Å²) in [5, 5.41) is 11.1. The van der Waals surface area contributed by atoms with E-state index in [1.807, 2.05) is 0 Å². The lowest BCUT2D eigenvalue weighted by atomic mass is 9.76. The van der Waals surface area contributed by atoms with Crippen molar-refractivity contribution in [2.45, 2.75) is 116 Å². The zero-order valence-corrected chi connectivity index (χ0v) is 19.9. The zero-order chi connectivity index (χ0) is 19.1. The predicted molar refractivity (Wildman–Crippen MR) is 122 cm³/mol. The van der Waals surface area contributed by atoms with Gasteiger partial charge in [0.05, 0.1) is 5.60 Å². The van der Waals surface area contributed by atoms with Crippen LogP contribution in [0.25, 0.3) is 0 Å². The summed E-state index contributed by atoms with van der Waals surface area (Å²) in [6.07, 6.45) is 17.6. The minimum Gasteiger partial charge on any atom is -1.00 e. The molecular weight excluding hydrogens is 366 g/mol. The minimum atomic E-state index is -0.505. The van der Waals surface area contributed by atoms with Gasteiger partial charge in [-0.2, -0.15) is 0 Å². The molecule has 0 radical (unpaired) electrons. The number of halogens is 1. The molecule has 0 amide bonds. The number of aliphatic hydroxyl groups is 1. The van der Waals surface area contributed by atoms with Gasteiger partial charge in [0.15, 0.2) is 0 Å². The summed E-state index contributed by atoms with van der Waals surface area (Å²) in [7, 11) is 0.